The molecular formula is C15H30O17Zn. The molecule has 0 radical (unpaired) electrons. The summed E-state index contributed by atoms with van der Waals surface area (Å²) in [5.74, 6) is -3.95. The second kappa shape index (κ2) is 21.6. The standard InChI is InChI=1S/2C6H12O7.C3H8O3.Zn/c2*7-1-2(8)3(9)4(10)5(11)6(12)13;4-1-3(6)2-5;/h2*2-5,7-11H,1H2,(H,12,13);3-6H,1-2H2;/q;;;+2/p-2. The van der Waals surface area contributed by atoms with Crippen molar-refractivity contribution in [1.29, 1.82) is 0 Å². The maximum Gasteiger partial charge on any atom is 2.00 e. The zero-order valence-electron chi connectivity index (χ0n) is 17.2. The van der Waals surface area contributed by atoms with Crippen molar-refractivity contribution in [3.8, 4) is 0 Å². The van der Waals surface area contributed by atoms with Gasteiger partial charge < -0.3 is 86.2 Å². The number of carboxylic acids is 2. The van der Waals surface area contributed by atoms with Crippen LogP contribution < -0.4 is 10.2 Å². The molecule has 194 valence electrons. The SMILES string of the molecule is O=C([O-])C(O)C(O)C(O)C(O)CO.O=C([O-])C(O)C(O)C(O)C(O)CO.OCC(O)CO.[Zn+2]. The Labute approximate surface area is 199 Å². The van der Waals surface area contributed by atoms with Crippen LogP contribution in [0.4, 0.5) is 0 Å². The van der Waals surface area contributed by atoms with Crippen LogP contribution >= 0.6 is 0 Å². The molecule has 33 heavy (non-hydrogen) atoms. The molecule has 0 rings (SSSR count). The number of aliphatic hydroxyl groups excluding tert-OH is 13. The van der Waals surface area contributed by atoms with E-state index in [1.807, 2.05) is 0 Å². The van der Waals surface area contributed by atoms with Crippen LogP contribution in [0.2, 0.25) is 0 Å². The van der Waals surface area contributed by atoms with Gasteiger partial charge in [-0.15, -0.1) is 0 Å². The van der Waals surface area contributed by atoms with Crippen molar-refractivity contribution in [1.82, 2.24) is 0 Å². The van der Waals surface area contributed by atoms with Gasteiger partial charge in [-0.1, -0.05) is 0 Å². The summed E-state index contributed by atoms with van der Waals surface area (Å²) in [4.78, 5) is 20.0. The maximum atomic E-state index is 9.98. The molecule has 0 heterocycles. The summed E-state index contributed by atoms with van der Waals surface area (Å²) in [5.41, 5.74) is 0. The first-order chi connectivity index (χ1) is 14.6. The van der Waals surface area contributed by atoms with Gasteiger partial charge >= 0.3 is 19.5 Å². The quantitative estimate of drug-likeness (QED) is 0.101. The molecule has 18 heteroatoms. The van der Waals surface area contributed by atoms with E-state index < -0.39 is 80.1 Å². The van der Waals surface area contributed by atoms with Gasteiger partial charge in [-0.05, 0) is 0 Å². The smallest absolute Gasteiger partial charge is 0.547 e. The molecule has 0 fully saturated rings. The van der Waals surface area contributed by atoms with Crippen LogP contribution in [0, 0.1) is 0 Å². The van der Waals surface area contributed by atoms with Gasteiger partial charge in [0.1, 0.15) is 54.9 Å². The number of aliphatic carboxylic acids is 2. The van der Waals surface area contributed by atoms with E-state index in [1.165, 1.54) is 0 Å². The van der Waals surface area contributed by atoms with E-state index >= 15 is 0 Å². The fourth-order valence-electron chi connectivity index (χ4n) is 1.38. The van der Waals surface area contributed by atoms with Crippen molar-refractivity contribution in [2.45, 2.75) is 54.9 Å². The fraction of sp³-hybridized carbons (Fsp3) is 0.867. The molecule has 0 aromatic rings. The van der Waals surface area contributed by atoms with Gasteiger partial charge in [-0.25, -0.2) is 0 Å². The van der Waals surface area contributed by atoms with Crippen molar-refractivity contribution < 1.29 is 106 Å². The zero-order chi connectivity index (χ0) is 26.2. The molecule has 0 spiro atoms. The normalized spacial score (nSPS) is 17.9. The summed E-state index contributed by atoms with van der Waals surface area (Å²) in [6.07, 6.45) is -17.1. The van der Waals surface area contributed by atoms with Crippen molar-refractivity contribution in [2.24, 2.45) is 0 Å². The molecule has 0 aliphatic rings. The van der Waals surface area contributed by atoms with E-state index in [-0.39, 0.29) is 32.7 Å². The van der Waals surface area contributed by atoms with Crippen LogP contribution in [0.1, 0.15) is 0 Å². The van der Waals surface area contributed by atoms with E-state index in [9.17, 15) is 19.8 Å². The Morgan fingerprint density at radius 1 is 0.515 bits per heavy atom. The van der Waals surface area contributed by atoms with Crippen LogP contribution in [0.25, 0.3) is 0 Å². The summed E-state index contributed by atoms with van der Waals surface area (Å²) in [6, 6.07) is 0. The topological polar surface area (TPSA) is 343 Å². The van der Waals surface area contributed by atoms with E-state index in [1.54, 1.807) is 0 Å². The van der Waals surface area contributed by atoms with Crippen LogP contribution in [-0.2, 0) is 29.1 Å². The Balaban J connectivity index is -0.000000201. The molecule has 0 aromatic carbocycles. The summed E-state index contributed by atoms with van der Waals surface area (Å²) >= 11 is 0. The van der Waals surface area contributed by atoms with E-state index in [0.717, 1.165) is 0 Å². The van der Waals surface area contributed by atoms with Crippen LogP contribution in [0.15, 0.2) is 0 Å². The summed E-state index contributed by atoms with van der Waals surface area (Å²) in [5, 5.41) is 131. The first-order valence-corrected chi connectivity index (χ1v) is 8.62. The predicted octanol–water partition coefficient (Wildman–Crippen LogP) is -11.3. The fourth-order valence-corrected chi connectivity index (χ4v) is 1.38. The Morgan fingerprint density at radius 2 is 0.758 bits per heavy atom. The molecule has 0 aliphatic carbocycles. The van der Waals surface area contributed by atoms with Crippen molar-refractivity contribution in [2.75, 3.05) is 26.4 Å². The number of aliphatic hydroxyl groups is 13. The number of carbonyl (C=O) groups is 2. The Morgan fingerprint density at radius 3 is 0.879 bits per heavy atom. The summed E-state index contributed by atoms with van der Waals surface area (Å²) in [7, 11) is 0. The van der Waals surface area contributed by atoms with Crippen molar-refractivity contribution >= 4 is 11.9 Å². The third-order valence-electron chi connectivity index (χ3n) is 3.41. The Hall–Kier alpha value is -0.957. The van der Waals surface area contributed by atoms with Gasteiger partial charge in [0.2, 0.25) is 0 Å². The second-order valence-electron chi connectivity index (χ2n) is 6.01. The summed E-state index contributed by atoms with van der Waals surface area (Å²) < 4.78 is 0. The molecular weight excluding hydrogens is 518 g/mol. The van der Waals surface area contributed by atoms with Gasteiger partial charge in [0, 0.05) is 0 Å². The second-order valence-corrected chi connectivity index (χ2v) is 6.01. The van der Waals surface area contributed by atoms with Crippen LogP contribution in [0.5, 0.6) is 0 Å². The third-order valence-corrected chi connectivity index (χ3v) is 3.41. The van der Waals surface area contributed by atoms with Gasteiger partial charge in [0.25, 0.3) is 0 Å². The van der Waals surface area contributed by atoms with Crippen LogP contribution in [-0.4, -0.2) is 160 Å². The van der Waals surface area contributed by atoms with E-state index in [0.29, 0.717) is 0 Å². The molecule has 8 atom stereocenters. The Bertz CT molecular complexity index is 455. The molecule has 13 N–H and O–H groups in total. The monoisotopic (exact) mass is 546 g/mol. The number of carboxylic acid groups (broad SMARTS) is 2. The molecule has 17 nitrogen and oxygen atoms in total. The number of hydrogen-bond donors (Lipinski definition) is 13. The zero-order valence-corrected chi connectivity index (χ0v) is 20.1. The molecule has 0 bridgehead atoms. The average Bonchev–Trinajstić information content (AvgIpc) is 2.79. The first kappa shape index (κ1) is 39.3. The molecule has 8 unspecified atom stereocenters. The van der Waals surface area contributed by atoms with E-state index in [2.05, 4.69) is 0 Å². The van der Waals surface area contributed by atoms with Crippen LogP contribution in [0.3, 0.4) is 0 Å². The molecule has 0 aromatic heterocycles. The van der Waals surface area contributed by atoms with Crippen molar-refractivity contribution in [3.05, 3.63) is 0 Å². The van der Waals surface area contributed by atoms with Gasteiger partial charge in [-0.3, -0.25) is 0 Å². The van der Waals surface area contributed by atoms with Gasteiger partial charge in [-0.2, -0.15) is 0 Å². The maximum absolute atomic E-state index is 9.98. The minimum Gasteiger partial charge on any atom is -0.547 e. The minimum atomic E-state index is -2.31. The average molecular weight is 548 g/mol. The molecule has 0 saturated carbocycles. The van der Waals surface area contributed by atoms with Crippen molar-refractivity contribution in [3.63, 3.8) is 0 Å². The Kier molecular flexibility index (Phi) is 25.7. The number of hydrogen-bond acceptors (Lipinski definition) is 17. The third kappa shape index (κ3) is 17.2. The van der Waals surface area contributed by atoms with E-state index in [4.69, 9.17) is 66.4 Å². The molecule has 0 amide bonds. The minimum absolute atomic E-state index is 0. The molecule has 0 saturated heterocycles. The van der Waals surface area contributed by atoms with Gasteiger partial charge in [0.15, 0.2) is 0 Å². The summed E-state index contributed by atoms with van der Waals surface area (Å²) in [6.45, 7) is -2.46. The number of rotatable bonds is 12. The predicted molar refractivity (Wildman–Crippen MR) is 92.4 cm³/mol. The molecule has 0 aliphatic heterocycles. The number of carbonyl (C=O) groups excluding carboxylic acids is 2. The van der Waals surface area contributed by atoms with Gasteiger partial charge in [0.05, 0.1) is 38.4 Å². The largest absolute Gasteiger partial charge is 2.00 e. The first-order valence-electron chi connectivity index (χ1n) is 8.62.